The lowest BCUT2D eigenvalue weighted by atomic mass is 10.1. The van der Waals surface area contributed by atoms with Crippen molar-refractivity contribution in [2.45, 2.75) is 64.0 Å². The van der Waals surface area contributed by atoms with Gasteiger partial charge in [0.05, 0.1) is 12.6 Å². The molecule has 4 heteroatoms. The molecule has 1 aliphatic rings. The standard InChI is InChI=1S/C13H26N2O2/c1-2-3-8-12(14)13(17)15(9-10-16)11-6-4-5-7-11/h11-12,16H,2-10,14H2,1H3. The number of carbonyl (C=O) groups is 1. The van der Waals surface area contributed by atoms with Gasteiger partial charge in [0.2, 0.25) is 5.91 Å². The lowest BCUT2D eigenvalue weighted by molar-refractivity contribution is -0.135. The van der Waals surface area contributed by atoms with Gasteiger partial charge in [-0.1, -0.05) is 32.6 Å². The van der Waals surface area contributed by atoms with E-state index in [2.05, 4.69) is 6.92 Å². The maximum absolute atomic E-state index is 12.2. The molecule has 1 saturated carbocycles. The Balaban J connectivity index is 2.52. The van der Waals surface area contributed by atoms with Gasteiger partial charge in [0.15, 0.2) is 0 Å². The molecule has 1 aliphatic carbocycles. The lowest BCUT2D eigenvalue weighted by Crippen LogP contribution is -2.49. The zero-order valence-corrected chi connectivity index (χ0v) is 10.9. The SMILES string of the molecule is CCCCC(N)C(=O)N(CCO)C1CCCC1. The van der Waals surface area contributed by atoms with Crippen LogP contribution >= 0.6 is 0 Å². The van der Waals surface area contributed by atoms with Crippen LogP contribution < -0.4 is 5.73 Å². The molecule has 0 aromatic carbocycles. The Kier molecular flexibility index (Phi) is 6.52. The first kappa shape index (κ1) is 14.5. The van der Waals surface area contributed by atoms with Crippen LogP contribution in [0.2, 0.25) is 0 Å². The highest BCUT2D eigenvalue weighted by Gasteiger charge is 2.28. The van der Waals surface area contributed by atoms with Crippen LogP contribution in [0.15, 0.2) is 0 Å². The van der Waals surface area contributed by atoms with Crippen molar-refractivity contribution in [1.82, 2.24) is 4.90 Å². The second-order valence-electron chi connectivity index (χ2n) is 4.94. The third kappa shape index (κ3) is 4.28. The molecule has 0 aromatic rings. The normalized spacial score (nSPS) is 18.3. The van der Waals surface area contributed by atoms with E-state index in [0.717, 1.165) is 32.1 Å². The molecule has 1 fully saturated rings. The summed E-state index contributed by atoms with van der Waals surface area (Å²) in [4.78, 5) is 14.0. The Morgan fingerprint density at radius 3 is 2.65 bits per heavy atom. The number of carbonyl (C=O) groups excluding carboxylic acids is 1. The Hall–Kier alpha value is -0.610. The van der Waals surface area contributed by atoms with Gasteiger partial charge in [0.1, 0.15) is 0 Å². The quantitative estimate of drug-likeness (QED) is 0.706. The molecule has 100 valence electrons. The van der Waals surface area contributed by atoms with Crippen molar-refractivity contribution in [2.75, 3.05) is 13.2 Å². The molecule has 0 bridgehead atoms. The number of hydrogen-bond donors (Lipinski definition) is 2. The number of nitrogens with zero attached hydrogens (tertiary/aromatic N) is 1. The van der Waals surface area contributed by atoms with Gasteiger partial charge in [-0.15, -0.1) is 0 Å². The second-order valence-corrected chi connectivity index (χ2v) is 4.94. The predicted octanol–water partition coefficient (Wildman–Crippen LogP) is 1.27. The molecule has 4 nitrogen and oxygen atoms in total. The van der Waals surface area contributed by atoms with E-state index in [1.54, 1.807) is 0 Å². The van der Waals surface area contributed by atoms with E-state index < -0.39 is 0 Å². The van der Waals surface area contributed by atoms with Crippen molar-refractivity contribution < 1.29 is 9.90 Å². The van der Waals surface area contributed by atoms with Gasteiger partial charge in [0, 0.05) is 12.6 Å². The fourth-order valence-corrected chi connectivity index (χ4v) is 2.56. The van der Waals surface area contributed by atoms with Crippen LogP contribution in [0, 0.1) is 0 Å². The molecule has 3 N–H and O–H groups in total. The van der Waals surface area contributed by atoms with Crippen molar-refractivity contribution in [3.8, 4) is 0 Å². The van der Waals surface area contributed by atoms with Crippen molar-refractivity contribution in [2.24, 2.45) is 5.73 Å². The van der Waals surface area contributed by atoms with Crippen LogP contribution in [0.3, 0.4) is 0 Å². The fraction of sp³-hybridized carbons (Fsp3) is 0.923. The molecule has 0 saturated heterocycles. The summed E-state index contributed by atoms with van der Waals surface area (Å²) in [5, 5.41) is 9.07. The number of unbranched alkanes of at least 4 members (excludes halogenated alkanes) is 1. The summed E-state index contributed by atoms with van der Waals surface area (Å²) in [6.07, 6.45) is 7.30. The average molecular weight is 242 g/mol. The van der Waals surface area contributed by atoms with E-state index in [4.69, 9.17) is 10.8 Å². The predicted molar refractivity (Wildman–Crippen MR) is 68.6 cm³/mol. The Morgan fingerprint density at radius 2 is 2.12 bits per heavy atom. The monoisotopic (exact) mass is 242 g/mol. The molecule has 1 amide bonds. The molecule has 0 radical (unpaired) electrons. The van der Waals surface area contributed by atoms with E-state index in [0.29, 0.717) is 12.6 Å². The van der Waals surface area contributed by atoms with Gasteiger partial charge in [-0.2, -0.15) is 0 Å². The summed E-state index contributed by atoms with van der Waals surface area (Å²) in [6.45, 7) is 2.56. The van der Waals surface area contributed by atoms with Crippen LogP contribution in [0.5, 0.6) is 0 Å². The van der Waals surface area contributed by atoms with Gasteiger partial charge in [0.25, 0.3) is 0 Å². The summed E-state index contributed by atoms with van der Waals surface area (Å²) in [6, 6.07) is -0.0792. The minimum absolute atomic E-state index is 0.0272. The molecule has 0 aromatic heterocycles. The third-order valence-corrected chi connectivity index (χ3v) is 3.58. The van der Waals surface area contributed by atoms with E-state index in [9.17, 15) is 4.79 Å². The molecule has 17 heavy (non-hydrogen) atoms. The first-order valence-electron chi connectivity index (χ1n) is 6.87. The van der Waals surface area contributed by atoms with Crippen molar-refractivity contribution in [1.29, 1.82) is 0 Å². The van der Waals surface area contributed by atoms with Crippen LogP contribution in [0.1, 0.15) is 51.9 Å². The number of aliphatic hydroxyl groups excluding tert-OH is 1. The number of hydrogen-bond acceptors (Lipinski definition) is 3. The average Bonchev–Trinajstić information content (AvgIpc) is 2.85. The summed E-state index contributed by atoms with van der Waals surface area (Å²) in [5.41, 5.74) is 5.93. The molecule has 1 unspecified atom stereocenters. The van der Waals surface area contributed by atoms with Crippen molar-refractivity contribution in [3.63, 3.8) is 0 Å². The third-order valence-electron chi connectivity index (χ3n) is 3.58. The first-order valence-corrected chi connectivity index (χ1v) is 6.87. The topological polar surface area (TPSA) is 66.6 Å². The molecule has 0 aliphatic heterocycles. The largest absolute Gasteiger partial charge is 0.395 e. The fourth-order valence-electron chi connectivity index (χ4n) is 2.56. The minimum Gasteiger partial charge on any atom is -0.395 e. The zero-order valence-electron chi connectivity index (χ0n) is 10.9. The maximum atomic E-state index is 12.2. The second kappa shape index (κ2) is 7.67. The zero-order chi connectivity index (χ0) is 12.7. The maximum Gasteiger partial charge on any atom is 0.239 e. The molecule has 1 atom stereocenters. The molecule has 0 spiro atoms. The summed E-state index contributed by atoms with van der Waals surface area (Å²) in [7, 11) is 0. The highest BCUT2D eigenvalue weighted by Crippen LogP contribution is 2.24. The van der Waals surface area contributed by atoms with Gasteiger partial charge >= 0.3 is 0 Å². The lowest BCUT2D eigenvalue weighted by Gasteiger charge is -2.30. The molecule has 1 rings (SSSR count). The van der Waals surface area contributed by atoms with Crippen molar-refractivity contribution >= 4 is 5.91 Å². The number of nitrogens with two attached hydrogens (primary N) is 1. The summed E-state index contributed by atoms with van der Waals surface area (Å²) < 4.78 is 0. The van der Waals surface area contributed by atoms with E-state index in [-0.39, 0.29) is 18.6 Å². The number of rotatable bonds is 7. The minimum atomic E-state index is -0.387. The first-order chi connectivity index (χ1) is 8.20. The molecular formula is C13H26N2O2. The van der Waals surface area contributed by atoms with E-state index in [1.807, 2.05) is 4.90 Å². The van der Waals surface area contributed by atoms with Gasteiger partial charge in [-0.25, -0.2) is 0 Å². The smallest absolute Gasteiger partial charge is 0.239 e. The van der Waals surface area contributed by atoms with E-state index >= 15 is 0 Å². The summed E-state index contributed by atoms with van der Waals surface area (Å²) >= 11 is 0. The van der Waals surface area contributed by atoms with Crippen LogP contribution in [-0.4, -0.2) is 41.1 Å². The Morgan fingerprint density at radius 1 is 1.47 bits per heavy atom. The number of aliphatic hydroxyl groups is 1. The number of amides is 1. The molecule has 0 heterocycles. The Bertz CT molecular complexity index is 227. The van der Waals surface area contributed by atoms with Gasteiger partial charge in [-0.3, -0.25) is 4.79 Å². The van der Waals surface area contributed by atoms with Crippen LogP contribution in [-0.2, 0) is 4.79 Å². The highest BCUT2D eigenvalue weighted by atomic mass is 16.3. The molecular weight excluding hydrogens is 216 g/mol. The van der Waals surface area contributed by atoms with Gasteiger partial charge in [-0.05, 0) is 19.3 Å². The van der Waals surface area contributed by atoms with Crippen LogP contribution in [0.4, 0.5) is 0 Å². The van der Waals surface area contributed by atoms with E-state index in [1.165, 1.54) is 12.8 Å². The van der Waals surface area contributed by atoms with Crippen molar-refractivity contribution in [3.05, 3.63) is 0 Å². The van der Waals surface area contributed by atoms with Crippen LogP contribution in [0.25, 0.3) is 0 Å². The van der Waals surface area contributed by atoms with Gasteiger partial charge < -0.3 is 15.7 Å². The Labute approximate surface area is 104 Å². The highest BCUT2D eigenvalue weighted by molar-refractivity contribution is 5.82. The summed E-state index contributed by atoms with van der Waals surface area (Å²) in [5.74, 6) is 0.0272.